The molecule has 2 N–H and O–H groups in total. The highest BCUT2D eigenvalue weighted by molar-refractivity contribution is 9.10. The van der Waals surface area contributed by atoms with Crippen molar-refractivity contribution in [3.63, 3.8) is 0 Å². The second-order valence-corrected chi connectivity index (χ2v) is 9.03. The van der Waals surface area contributed by atoms with E-state index in [1.807, 2.05) is 25.1 Å². The molecule has 11 heteroatoms. The Kier molecular flexibility index (Phi) is 7.87. The Hall–Kier alpha value is -4.51. The first kappa shape index (κ1) is 26.6. The van der Waals surface area contributed by atoms with Gasteiger partial charge < -0.3 is 14.8 Å². The van der Waals surface area contributed by atoms with Crippen molar-refractivity contribution in [2.75, 3.05) is 23.9 Å². The molecule has 0 spiro atoms. The Morgan fingerprint density at radius 1 is 1.11 bits per heavy atom. The number of carbonyl (C=O) groups is 4. The molecule has 9 nitrogen and oxygen atoms in total. The van der Waals surface area contributed by atoms with Gasteiger partial charge >= 0.3 is 6.03 Å². The molecular formula is C27H21BrFN3O6. The molecule has 0 unspecified atom stereocenters. The lowest BCUT2D eigenvalue weighted by Crippen LogP contribution is -2.54. The SMILES string of the molecule is COc1cc(/C=C2\C(=O)NC(=O)N(c3ccc(F)cc3)C2=O)cc(Br)c1OCC(=O)Nc1cccc(C)c1. The van der Waals surface area contributed by atoms with Crippen molar-refractivity contribution in [1.82, 2.24) is 5.32 Å². The van der Waals surface area contributed by atoms with Gasteiger partial charge in [0.25, 0.3) is 17.7 Å². The van der Waals surface area contributed by atoms with Crippen molar-refractivity contribution in [2.24, 2.45) is 0 Å². The molecule has 1 saturated heterocycles. The number of amides is 5. The monoisotopic (exact) mass is 581 g/mol. The highest BCUT2D eigenvalue weighted by atomic mass is 79.9. The lowest BCUT2D eigenvalue weighted by molar-refractivity contribution is -0.122. The van der Waals surface area contributed by atoms with Crippen LogP contribution >= 0.6 is 15.9 Å². The maximum absolute atomic E-state index is 13.3. The van der Waals surface area contributed by atoms with Crippen LogP contribution in [0.1, 0.15) is 11.1 Å². The zero-order valence-electron chi connectivity index (χ0n) is 20.2. The number of hydrogen-bond acceptors (Lipinski definition) is 6. The number of benzene rings is 3. The van der Waals surface area contributed by atoms with E-state index >= 15 is 0 Å². The molecule has 4 rings (SSSR count). The van der Waals surface area contributed by atoms with Gasteiger partial charge in [-0.25, -0.2) is 14.1 Å². The first-order valence-corrected chi connectivity index (χ1v) is 12.0. The first-order valence-electron chi connectivity index (χ1n) is 11.2. The standard InChI is InChI=1S/C27H21BrFN3O6/c1-15-4-3-5-18(10-15)30-23(33)14-38-24-21(28)12-16(13-22(24)37-2)11-20-25(34)31-27(36)32(26(20)35)19-8-6-17(29)7-9-19/h3-13H,14H2,1-2H3,(H,30,33)(H,31,34,36)/b20-11+. The number of rotatable bonds is 7. The smallest absolute Gasteiger partial charge is 0.335 e. The molecule has 0 atom stereocenters. The normalized spacial score (nSPS) is 14.4. The molecule has 1 aliphatic heterocycles. The van der Waals surface area contributed by atoms with Gasteiger partial charge in [0.15, 0.2) is 18.1 Å². The quantitative estimate of drug-likeness (QED) is 0.311. The summed E-state index contributed by atoms with van der Waals surface area (Å²) < 4.78 is 24.8. The number of urea groups is 1. The summed E-state index contributed by atoms with van der Waals surface area (Å²) >= 11 is 3.37. The van der Waals surface area contributed by atoms with Gasteiger partial charge in [0.1, 0.15) is 11.4 Å². The van der Waals surface area contributed by atoms with Crippen molar-refractivity contribution in [1.29, 1.82) is 0 Å². The maximum atomic E-state index is 13.3. The Labute approximate surface area is 225 Å². The molecule has 3 aromatic rings. The zero-order chi connectivity index (χ0) is 27.4. The third-order valence-corrected chi connectivity index (χ3v) is 5.99. The van der Waals surface area contributed by atoms with Gasteiger partial charge in [-0.1, -0.05) is 12.1 Å². The minimum Gasteiger partial charge on any atom is -0.493 e. The molecule has 194 valence electrons. The molecule has 0 bridgehead atoms. The number of halogens is 2. The fourth-order valence-corrected chi connectivity index (χ4v) is 4.24. The molecule has 0 radical (unpaired) electrons. The van der Waals surface area contributed by atoms with Crippen LogP contribution in [-0.2, 0) is 14.4 Å². The summed E-state index contributed by atoms with van der Waals surface area (Å²) in [5.41, 5.74) is 1.77. The Bertz CT molecular complexity index is 1470. The molecule has 1 aliphatic rings. The summed E-state index contributed by atoms with van der Waals surface area (Å²) in [6, 6.07) is 14.1. The number of nitrogens with one attached hydrogen (secondary N) is 2. The van der Waals surface area contributed by atoms with Crippen molar-refractivity contribution < 1.29 is 33.0 Å². The van der Waals surface area contributed by atoms with E-state index in [2.05, 4.69) is 26.6 Å². The summed E-state index contributed by atoms with van der Waals surface area (Å²) in [4.78, 5) is 51.0. The molecule has 0 aliphatic carbocycles. The molecule has 0 aromatic heterocycles. The topological polar surface area (TPSA) is 114 Å². The number of hydrogen-bond donors (Lipinski definition) is 2. The Morgan fingerprint density at radius 2 is 1.84 bits per heavy atom. The van der Waals surface area contributed by atoms with E-state index in [1.165, 1.54) is 31.4 Å². The number of barbiturate groups is 1. The third-order valence-electron chi connectivity index (χ3n) is 5.40. The van der Waals surface area contributed by atoms with Crippen molar-refractivity contribution in [3.05, 3.63) is 87.7 Å². The van der Waals surface area contributed by atoms with E-state index in [-0.39, 0.29) is 35.3 Å². The second kappa shape index (κ2) is 11.3. The number of aryl methyl sites for hydroxylation is 1. The van der Waals surface area contributed by atoms with Crippen LogP contribution in [0.2, 0.25) is 0 Å². The summed E-state index contributed by atoms with van der Waals surface area (Å²) in [5.74, 6) is -2.24. The molecule has 38 heavy (non-hydrogen) atoms. The first-order chi connectivity index (χ1) is 18.2. The predicted molar refractivity (Wildman–Crippen MR) is 141 cm³/mol. The largest absolute Gasteiger partial charge is 0.493 e. The van der Waals surface area contributed by atoms with Crippen molar-refractivity contribution >= 4 is 57.1 Å². The van der Waals surface area contributed by atoms with E-state index in [9.17, 15) is 23.6 Å². The number of ether oxygens (including phenoxy) is 2. The highest BCUT2D eigenvalue weighted by Gasteiger charge is 2.36. The summed E-state index contributed by atoms with van der Waals surface area (Å²) in [5, 5.41) is 4.85. The van der Waals surface area contributed by atoms with Crippen LogP contribution in [0.25, 0.3) is 6.08 Å². The molecule has 5 amide bonds. The Balaban J connectivity index is 1.55. The molecule has 0 saturated carbocycles. The summed E-state index contributed by atoms with van der Waals surface area (Å²) in [7, 11) is 1.39. The van der Waals surface area contributed by atoms with Crippen LogP contribution < -0.4 is 25.0 Å². The predicted octanol–water partition coefficient (Wildman–Crippen LogP) is 4.59. The second-order valence-electron chi connectivity index (χ2n) is 8.17. The lowest BCUT2D eigenvalue weighted by Gasteiger charge is -2.26. The van der Waals surface area contributed by atoms with Gasteiger partial charge in [-0.15, -0.1) is 0 Å². The van der Waals surface area contributed by atoms with Crippen LogP contribution in [0.3, 0.4) is 0 Å². The average Bonchev–Trinajstić information content (AvgIpc) is 2.86. The van der Waals surface area contributed by atoms with Gasteiger partial charge in [0.2, 0.25) is 0 Å². The van der Waals surface area contributed by atoms with E-state index in [0.717, 1.165) is 22.6 Å². The molecule has 3 aromatic carbocycles. The number of carbonyl (C=O) groups excluding carboxylic acids is 4. The fraction of sp³-hybridized carbons (Fsp3) is 0.111. The Morgan fingerprint density at radius 3 is 2.53 bits per heavy atom. The van der Waals surface area contributed by atoms with E-state index in [4.69, 9.17) is 9.47 Å². The average molecular weight is 582 g/mol. The van der Waals surface area contributed by atoms with Crippen molar-refractivity contribution in [2.45, 2.75) is 6.92 Å². The molecule has 1 fully saturated rings. The van der Waals surface area contributed by atoms with Gasteiger partial charge in [-0.05, 0) is 88.6 Å². The van der Waals surface area contributed by atoms with Crippen LogP contribution in [0, 0.1) is 12.7 Å². The number of anilines is 2. The molecular weight excluding hydrogens is 561 g/mol. The number of imide groups is 2. The minimum atomic E-state index is -0.949. The minimum absolute atomic E-state index is 0.0961. The van der Waals surface area contributed by atoms with Crippen LogP contribution in [-0.4, -0.2) is 37.5 Å². The van der Waals surface area contributed by atoms with Crippen LogP contribution in [0.5, 0.6) is 11.5 Å². The fourth-order valence-electron chi connectivity index (χ4n) is 3.67. The summed E-state index contributed by atoms with van der Waals surface area (Å²) in [6.45, 7) is 1.60. The zero-order valence-corrected chi connectivity index (χ0v) is 21.8. The van der Waals surface area contributed by atoms with Gasteiger partial charge in [0, 0.05) is 5.69 Å². The van der Waals surface area contributed by atoms with Gasteiger partial charge in [0.05, 0.1) is 17.3 Å². The molecule has 1 heterocycles. The number of methoxy groups -OCH3 is 1. The highest BCUT2D eigenvalue weighted by Crippen LogP contribution is 2.37. The van der Waals surface area contributed by atoms with E-state index in [1.54, 1.807) is 12.1 Å². The lowest BCUT2D eigenvalue weighted by atomic mass is 10.1. The van der Waals surface area contributed by atoms with Gasteiger partial charge in [-0.3, -0.25) is 19.7 Å². The van der Waals surface area contributed by atoms with E-state index in [0.29, 0.717) is 15.7 Å². The third kappa shape index (κ3) is 5.89. The summed E-state index contributed by atoms with van der Waals surface area (Å²) in [6.07, 6.45) is 1.28. The number of nitrogens with zero attached hydrogens (tertiary/aromatic N) is 1. The van der Waals surface area contributed by atoms with Gasteiger partial charge in [-0.2, -0.15) is 0 Å². The van der Waals surface area contributed by atoms with Crippen molar-refractivity contribution in [3.8, 4) is 11.5 Å². The van der Waals surface area contributed by atoms with Crippen LogP contribution in [0.4, 0.5) is 20.6 Å². The maximum Gasteiger partial charge on any atom is 0.335 e. The van der Waals surface area contributed by atoms with E-state index < -0.39 is 23.7 Å². The van der Waals surface area contributed by atoms with Crippen LogP contribution in [0.15, 0.2) is 70.7 Å².